The van der Waals surface area contributed by atoms with Crippen LogP contribution in [0.4, 0.5) is 0 Å². The number of rotatable bonds is 11. The Morgan fingerprint density at radius 3 is 2.14 bits per heavy atom. The largest absolute Gasteiger partial charge is 0.300 e. The van der Waals surface area contributed by atoms with Crippen LogP contribution in [0.2, 0.25) is 0 Å². The maximum atomic E-state index is 12.4. The topological polar surface area (TPSA) is 20.3 Å². The highest BCUT2D eigenvalue weighted by atomic mass is 16.1. The molecule has 2 fully saturated rings. The third-order valence-electron chi connectivity index (χ3n) is 5.89. The van der Waals surface area contributed by atoms with Crippen LogP contribution in [-0.4, -0.2) is 29.8 Å². The van der Waals surface area contributed by atoms with Crippen LogP contribution in [0.5, 0.6) is 0 Å². The zero-order valence-electron chi connectivity index (χ0n) is 14.6. The molecule has 0 radical (unpaired) electrons. The van der Waals surface area contributed by atoms with E-state index in [4.69, 9.17) is 0 Å². The fraction of sp³-hybridized carbons (Fsp3) is 0.850. The van der Waals surface area contributed by atoms with Gasteiger partial charge in [0.1, 0.15) is 5.78 Å². The molecule has 126 valence electrons. The summed E-state index contributed by atoms with van der Waals surface area (Å²) in [6, 6.07) is 1.39. The van der Waals surface area contributed by atoms with E-state index in [1.54, 1.807) is 0 Å². The first-order chi connectivity index (χ1) is 10.7. The Morgan fingerprint density at radius 1 is 1.00 bits per heavy atom. The summed E-state index contributed by atoms with van der Waals surface area (Å²) in [5.74, 6) is 0.948. The smallest absolute Gasteiger partial charge is 0.136 e. The third kappa shape index (κ3) is 5.22. The van der Waals surface area contributed by atoms with E-state index in [2.05, 4.69) is 18.5 Å². The summed E-state index contributed by atoms with van der Waals surface area (Å²) < 4.78 is 0. The van der Waals surface area contributed by atoms with Gasteiger partial charge in [0.25, 0.3) is 0 Å². The fourth-order valence-corrected chi connectivity index (χ4v) is 4.35. The molecule has 0 amide bonds. The van der Waals surface area contributed by atoms with Crippen molar-refractivity contribution < 1.29 is 4.79 Å². The minimum Gasteiger partial charge on any atom is -0.300 e. The summed E-state index contributed by atoms with van der Waals surface area (Å²) in [4.78, 5) is 14.9. The summed E-state index contributed by atoms with van der Waals surface area (Å²) >= 11 is 0. The fourth-order valence-electron chi connectivity index (χ4n) is 4.35. The second kappa shape index (κ2) is 9.50. The van der Waals surface area contributed by atoms with E-state index in [-0.39, 0.29) is 0 Å². The molecule has 2 aliphatic heterocycles. The van der Waals surface area contributed by atoms with Crippen molar-refractivity contribution in [3.63, 3.8) is 0 Å². The van der Waals surface area contributed by atoms with E-state index in [0.717, 1.165) is 32.1 Å². The Kier molecular flexibility index (Phi) is 7.65. The highest BCUT2D eigenvalue weighted by molar-refractivity contribution is 5.81. The monoisotopic (exact) mass is 305 g/mol. The van der Waals surface area contributed by atoms with Gasteiger partial charge >= 0.3 is 0 Å². The normalized spacial score (nSPS) is 28.0. The molecule has 0 saturated carbocycles. The van der Waals surface area contributed by atoms with Gasteiger partial charge in [0.05, 0.1) is 0 Å². The molecule has 2 atom stereocenters. The molecule has 2 unspecified atom stereocenters. The number of Topliss-reactive ketones (excluding diaryl/α,β-unsaturated/α-hetero) is 1. The molecule has 0 aromatic rings. The lowest BCUT2D eigenvalue weighted by Gasteiger charge is -2.35. The van der Waals surface area contributed by atoms with Gasteiger partial charge in [-0.3, -0.25) is 4.79 Å². The maximum absolute atomic E-state index is 12.4. The molecule has 0 aromatic heterocycles. The average Bonchev–Trinajstić information content (AvgIpc) is 2.75. The molecule has 0 aliphatic carbocycles. The van der Waals surface area contributed by atoms with Gasteiger partial charge in [0, 0.05) is 24.4 Å². The molecule has 2 aliphatic rings. The van der Waals surface area contributed by atoms with E-state index in [1.807, 2.05) is 6.08 Å². The van der Waals surface area contributed by atoms with E-state index in [9.17, 15) is 4.79 Å². The number of piperidine rings is 1. The van der Waals surface area contributed by atoms with E-state index in [1.165, 1.54) is 51.4 Å². The Hall–Kier alpha value is -0.630. The lowest BCUT2D eigenvalue weighted by atomic mass is 9.86. The second-order valence-corrected chi connectivity index (χ2v) is 7.49. The molecular formula is C20H35NO. The number of hydrogen-bond acceptors (Lipinski definition) is 2. The maximum Gasteiger partial charge on any atom is 0.136 e. The van der Waals surface area contributed by atoms with Crippen molar-refractivity contribution in [3.05, 3.63) is 12.7 Å². The summed E-state index contributed by atoms with van der Waals surface area (Å²) in [7, 11) is 2.25. The van der Waals surface area contributed by atoms with E-state index < -0.39 is 0 Å². The predicted molar refractivity (Wildman–Crippen MR) is 94.1 cm³/mol. The molecule has 2 heterocycles. The van der Waals surface area contributed by atoms with Crippen LogP contribution in [0.25, 0.3) is 0 Å². The van der Waals surface area contributed by atoms with Crippen molar-refractivity contribution in [3.8, 4) is 0 Å². The summed E-state index contributed by atoms with van der Waals surface area (Å²) in [6.45, 7) is 3.76. The van der Waals surface area contributed by atoms with Crippen LogP contribution in [-0.2, 0) is 4.79 Å². The van der Waals surface area contributed by atoms with Crippen LogP contribution in [0, 0.1) is 5.92 Å². The lowest BCUT2D eigenvalue weighted by molar-refractivity contribution is -0.125. The Bertz CT molecular complexity index is 338. The zero-order valence-corrected chi connectivity index (χ0v) is 14.6. The molecule has 2 rings (SSSR count). The predicted octanol–water partition coefficient (Wildman–Crippen LogP) is 5.13. The molecule has 0 N–H and O–H groups in total. The van der Waals surface area contributed by atoms with Gasteiger partial charge in [0.15, 0.2) is 0 Å². The lowest BCUT2D eigenvalue weighted by Crippen LogP contribution is -2.42. The zero-order chi connectivity index (χ0) is 15.8. The van der Waals surface area contributed by atoms with Gasteiger partial charge in [-0.1, -0.05) is 38.2 Å². The van der Waals surface area contributed by atoms with Crippen LogP contribution in [0.1, 0.15) is 83.5 Å². The summed E-state index contributed by atoms with van der Waals surface area (Å²) in [5.41, 5.74) is 0. The molecule has 0 spiro atoms. The number of carbonyl (C=O) groups is 1. The van der Waals surface area contributed by atoms with E-state index >= 15 is 0 Å². The van der Waals surface area contributed by atoms with Crippen molar-refractivity contribution in [2.24, 2.45) is 5.92 Å². The standard InChI is InChI=1S/C20H35NO/c1-3-4-5-6-7-8-9-10-11-12-20(22)17-15-18-13-14-19(16-17)21(18)2/h3,17-19H,1,4-16H2,2H3. The van der Waals surface area contributed by atoms with Gasteiger partial charge in [-0.15, -0.1) is 6.58 Å². The first kappa shape index (κ1) is 17.7. The van der Waals surface area contributed by atoms with Crippen molar-refractivity contribution in [2.45, 2.75) is 95.6 Å². The molecule has 0 aromatic carbocycles. The Labute approximate surface area is 137 Å². The second-order valence-electron chi connectivity index (χ2n) is 7.49. The minimum absolute atomic E-state index is 0.382. The van der Waals surface area contributed by atoms with E-state index in [0.29, 0.717) is 23.8 Å². The number of nitrogens with zero attached hydrogens (tertiary/aromatic N) is 1. The summed E-state index contributed by atoms with van der Waals surface area (Å²) in [5, 5.41) is 0. The minimum atomic E-state index is 0.382. The molecule has 2 nitrogen and oxygen atoms in total. The van der Waals surface area contributed by atoms with Crippen LogP contribution < -0.4 is 0 Å². The van der Waals surface area contributed by atoms with Gasteiger partial charge in [0.2, 0.25) is 0 Å². The van der Waals surface area contributed by atoms with Crippen LogP contribution >= 0.6 is 0 Å². The van der Waals surface area contributed by atoms with Crippen molar-refractivity contribution in [1.82, 2.24) is 4.90 Å². The number of carbonyl (C=O) groups excluding carboxylic acids is 1. The average molecular weight is 306 g/mol. The van der Waals surface area contributed by atoms with Crippen LogP contribution in [0.15, 0.2) is 12.7 Å². The number of allylic oxidation sites excluding steroid dienone is 1. The van der Waals surface area contributed by atoms with Crippen molar-refractivity contribution in [1.29, 1.82) is 0 Å². The summed E-state index contributed by atoms with van der Waals surface area (Å²) in [6.07, 6.45) is 17.9. The van der Waals surface area contributed by atoms with Gasteiger partial charge in [-0.25, -0.2) is 0 Å². The quantitative estimate of drug-likeness (QED) is 0.390. The van der Waals surface area contributed by atoms with Gasteiger partial charge < -0.3 is 4.90 Å². The highest BCUT2D eigenvalue weighted by Crippen LogP contribution is 2.38. The number of hydrogen-bond donors (Lipinski definition) is 0. The Balaban J connectivity index is 1.49. The molecule has 2 bridgehead atoms. The van der Waals surface area contributed by atoms with Gasteiger partial charge in [-0.05, 0) is 52.0 Å². The third-order valence-corrected chi connectivity index (χ3v) is 5.89. The van der Waals surface area contributed by atoms with Crippen LogP contribution in [0.3, 0.4) is 0 Å². The number of unbranched alkanes of at least 4 members (excludes halogenated alkanes) is 7. The van der Waals surface area contributed by atoms with Crippen molar-refractivity contribution in [2.75, 3.05) is 7.05 Å². The molecular weight excluding hydrogens is 270 g/mol. The number of fused-ring (bicyclic) bond motifs is 2. The first-order valence-corrected chi connectivity index (χ1v) is 9.58. The molecule has 2 heteroatoms. The first-order valence-electron chi connectivity index (χ1n) is 9.58. The molecule has 22 heavy (non-hydrogen) atoms. The Morgan fingerprint density at radius 2 is 1.55 bits per heavy atom. The molecule has 2 saturated heterocycles. The highest BCUT2D eigenvalue weighted by Gasteiger charge is 2.40. The number of ketones is 1. The van der Waals surface area contributed by atoms with Crippen molar-refractivity contribution >= 4 is 5.78 Å². The van der Waals surface area contributed by atoms with Gasteiger partial charge in [-0.2, -0.15) is 0 Å². The SMILES string of the molecule is C=CCCCCCCCCCC(=O)C1CC2CCC(C1)N2C.